The molecule has 1 aromatic heterocycles. The Balaban J connectivity index is 3.38. The summed E-state index contributed by atoms with van der Waals surface area (Å²) in [6.07, 6.45) is -2.73. The summed E-state index contributed by atoms with van der Waals surface area (Å²) in [5.74, 6) is 0. The van der Waals surface area contributed by atoms with Crippen molar-refractivity contribution < 1.29 is 8.78 Å². The number of H-pyrrole nitrogens is 1. The molecule has 3 nitrogen and oxygen atoms in total. The van der Waals surface area contributed by atoms with Crippen LogP contribution in [0.25, 0.3) is 0 Å². The van der Waals surface area contributed by atoms with Gasteiger partial charge in [0.05, 0.1) is 5.69 Å². The van der Waals surface area contributed by atoms with Gasteiger partial charge in [-0.1, -0.05) is 0 Å². The fourth-order valence-electron chi connectivity index (χ4n) is 0.738. The zero-order valence-corrected chi connectivity index (χ0v) is 7.36. The monoisotopic (exact) mass is 238 g/mol. The number of nitrogen functional groups attached to an aromatic ring is 1. The van der Waals surface area contributed by atoms with Crippen molar-refractivity contribution in [3.63, 3.8) is 0 Å². The van der Waals surface area contributed by atoms with E-state index in [0.717, 1.165) is 6.07 Å². The summed E-state index contributed by atoms with van der Waals surface area (Å²) in [6, 6.07) is 0.782. The van der Waals surface area contributed by atoms with Crippen molar-refractivity contribution >= 4 is 21.6 Å². The van der Waals surface area contributed by atoms with Gasteiger partial charge in [-0.05, 0) is 15.9 Å². The highest BCUT2D eigenvalue weighted by Crippen LogP contribution is 2.27. The highest BCUT2D eigenvalue weighted by atomic mass is 79.9. The van der Waals surface area contributed by atoms with Crippen molar-refractivity contribution in [2.75, 3.05) is 5.73 Å². The molecule has 0 atom stereocenters. The van der Waals surface area contributed by atoms with E-state index >= 15 is 0 Å². The molecule has 0 aliphatic heterocycles. The highest BCUT2D eigenvalue weighted by Gasteiger charge is 2.14. The van der Waals surface area contributed by atoms with E-state index in [0.29, 0.717) is 0 Å². The summed E-state index contributed by atoms with van der Waals surface area (Å²) in [7, 11) is 0. The average Bonchev–Trinajstić information content (AvgIpc) is 1.96. The zero-order valence-electron chi connectivity index (χ0n) is 5.77. The number of rotatable bonds is 1. The Hall–Kier alpha value is -0.910. The molecule has 0 fully saturated rings. The predicted octanol–water partition coefficient (Wildman–Crippen LogP) is 1.66. The third-order valence-electron chi connectivity index (χ3n) is 1.30. The molecule has 1 heterocycles. The lowest BCUT2D eigenvalue weighted by atomic mass is 10.2. The maximum Gasteiger partial charge on any atom is 0.266 e. The first-order valence-electron chi connectivity index (χ1n) is 2.98. The zero-order chi connectivity index (χ0) is 9.30. The molecule has 6 heteroatoms. The molecule has 3 N–H and O–H groups in total. The normalized spacial score (nSPS) is 10.7. The fourth-order valence-corrected chi connectivity index (χ4v) is 1.16. The Labute approximate surface area is 74.7 Å². The van der Waals surface area contributed by atoms with Gasteiger partial charge < -0.3 is 10.7 Å². The van der Waals surface area contributed by atoms with Gasteiger partial charge in [0, 0.05) is 11.6 Å². The number of anilines is 1. The first kappa shape index (κ1) is 9.18. The molecular formula is C6H5BrF2N2O. The number of hydrogen-bond donors (Lipinski definition) is 2. The molecule has 0 saturated heterocycles. The van der Waals surface area contributed by atoms with Gasteiger partial charge in [-0.25, -0.2) is 8.78 Å². The molecule has 0 bridgehead atoms. The second-order valence-corrected chi connectivity index (χ2v) is 2.91. The molecular weight excluding hydrogens is 234 g/mol. The lowest BCUT2D eigenvalue weighted by molar-refractivity contribution is 0.152. The smallest absolute Gasteiger partial charge is 0.266 e. The van der Waals surface area contributed by atoms with Crippen LogP contribution in [0.15, 0.2) is 15.5 Å². The second-order valence-electron chi connectivity index (χ2n) is 2.12. The standard InChI is InChI=1S/C6H5BrF2N2O/c7-5-4(10)2(6(8)9)1-3(12)11-5/h1,6H,10H2,(H,11,12). The largest absolute Gasteiger partial charge is 0.396 e. The van der Waals surface area contributed by atoms with Gasteiger partial charge in [0.2, 0.25) is 5.56 Å². The highest BCUT2D eigenvalue weighted by molar-refractivity contribution is 9.10. The van der Waals surface area contributed by atoms with E-state index in [9.17, 15) is 13.6 Å². The SMILES string of the molecule is Nc1c(C(F)F)cc(=O)[nH]c1Br. The van der Waals surface area contributed by atoms with Gasteiger partial charge in [0.1, 0.15) is 4.60 Å². The Kier molecular flexibility index (Phi) is 2.46. The molecule has 12 heavy (non-hydrogen) atoms. The van der Waals surface area contributed by atoms with Crippen molar-refractivity contribution in [3.05, 3.63) is 26.6 Å². The van der Waals surface area contributed by atoms with E-state index in [1.807, 2.05) is 0 Å². The maximum absolute atomic E-state index is 12.1. The summed E-state index contributed by atoms with van der Waals surface area (Å²) in [4.78, 5) is 12.9. The molecule has 0 radical (unpaired) electrons. The number of hydrogen-bond acceptors (Lipinski definition) is 2. The molecule has 1 aromatic rings. The van der Waals surface area contributed by atoms with Gasteiger partial charge in [-0.3, -0.25) is 4.79 Å². The van der Waals surface area contributed by atoms with Crippen molar-refractivity contribution in [1.29, 1.82) is 0 Å². The van der Waals surface area contributed by atoms with E-state index in [4.69, 9.17) is 5.73 Å². The Bertz CT molecular complexity index is 350. The molecule has 0 aromatic carbocycles. The first-order chi connectivity index (χ1) is 5.52. The van der Waals surface area contributed by atoms with E-state index in [1.54, 1.807) is 0 Å². The van der Waals surface area contributed by atoms with Gasteiger partial charge in [-0.2, -0.15) is 0 Å². The van der Waals surface area contributed by atoms with E-state index in [-0.39, 0.29) is 10.3 Å². The summed E-state index contributed by atoms with van der Waals surface area (Å²) in [5.41, 5.74) is 4.06. The van der Waals surface area contributed by atoms with Gasteiger partial charge in [-0.15, -0.1) is 0 Å². The van der Waals surface area contributed by atoms with Crippen molar-refractivity contribution in [3.8, 4) is 0 Å². The lowest BCUT2D eigenvalue weighted by Gasteiger charge is -2.04. The van der Waals surface area contributed by atoms with E-state index < -0.39 is 17.5 Å². The quantitative estimate of drug-likeness (QED) is 0.732. The van der Waals surface area contributed by atoms with Crippen LogP contribution >= 0.6 is 15.9 Å². The van der Waals surface area contributed by atoms with Crippen LogP contribution in [-0.2, 0) is 0 Å². The third kappa shape index (κ3) is 1.63. The minimum atomic E-state index is -2.73. The van der Waals surface area contributed by atoms with Crippen molar-refractivity contribution in [1.82, 2.24) is 4.98 Å². The van der Waals surface area contributed by atoms with Gasteiger partial charge in [0.25, 0.3) is 6.43 Å². The van der Waals surface area contributed by atoms with Gasteiger partial charge in [0.15, 0.2) is 0 Å². The number of nitrogens with one attached hydrogen (secondary N) is 1. The Morgan fingerprint density at radius 3 is 2.67 bits per heavy atom. The average molecular weight is 239 g/mol. The van der Waals surface area contributed by atoms with Crippen LogP contribution in [-0.4, -0.2) is 4.98 Å². The number of pyridine rings is 1. The van der Waals surface area contributed by atoms with Crippen LogP contribution in [0, 0.1) is 0 Å². The molecule has 66 valence electrons. The number of alkyl halides is 2. The van der Waals surface area contributed by atoms with Crippen LogP contribution < -0.4 is 11.3 Å². The summed E-state index contributed by atoms with van der Waals surface area (Å²) >= 11 is 2.85. The molecule has 0 unspecified atom stereocenters. The molecule has 0 saturated carbocycles. The first-order valence-corrected chi connectivity index (χ1v) is 3.78. The van der Waals surface area contributed by atoms with Crippen LogP contribution in [0.5, 0.6) is 0 Å². The minimum absolute atomic E-state index is 0.0882. The van der Waals surface area contributed by atoms with Crippen LogP contribution in [0.3, 0.4) is 0 Å². The number of nitrogens with two attached hydrogens (primary N) is 1. The minimum Gasteiger partial charge on any atom is -0.396 e. The number of aromatic amines is 1. The van der Waals surface area contributed by atoms with E-state index in [2.05, 4.69) is 20.9 Å². The summed E-state index contributed by atoms with van der Waals surface area (Å²) < 4.78 is 24.4. The Morgan fingerprint density at radius 1 is 1.58 bits per heavy atom. The third-order valence-corrected chi connectivity index (χ3v) is 1.93. The van der Waals surface area contributed by atoms with Crippen LogP contribution in [0.4, 0.5) is 14.5 Å². The molecule has 0 aliphatic carbocycles. The molecule has 1 rings (SSSR count). The van der Waals surface area contributed by atoms with Crippen molar-refractivity contribution in [2.24, 2.45) is 0 Å². The topological polar surface area (TPSA) is 58.9 Å². The summed E-state index contributed by atoms with van der Waals surface area (Å²) in [6.45, 7) is 0. The van der Waals surface area contributed by atoms with Crippen LogP contribution in [0.2, 0.25) is 0 Å². The lowest BCUT2D eigenvalue weighted by Crippen LogP contribution is -2.10. The molecule has 0 spiro atoms. The summed E-state index contributed by atoms with van der Waals surface area (Å²) in [5, 5.41) is 0. The number of halogens is 3. The second kappa shape index (κ2) is 3.22. The Morgan fingerprint density at radius 2 is 2.17 bits per heavy atom. The fraction of sp³-hybridized carbons (Fsp3) is 0.167. The van der Waals surface area contributed by atoms with E-state index in [1.165, 1.54) is 0 Å². The number of aromatic nitrogens is 1. The van der Waals surface area contributed by atoms with Crippen LogP contribution in [0.1, 0.15) is 12.0 Å². The van der Waals surface area contributed by atoms with Gasteiger partial charge >= 0.3 is 0 Å². The predicted molar refractivity (Wildman–Crippen MR) is 44.1 cm³/mol. The maximum atomic E-state index is 12.1. The molecule has 0 amide bonds. The molecule has 0 aliphatic rings. The van der Waals surface area contributed by atoms with Crippen molar-refractivity contribution in [2.45, 2.75) is 6.43 Å².